The SMILES string of the molecule is CCOC(=O)c1c(NC(=S)Nc2nn(Cc3ccccc3Cl)cc2Br)sc2c1CCCCCC2. The minimum absolute atomic E-state index is 0.295. The largest absolute Gasteiger partial charge is 0.462 e. The number of carbonyl (C=O) groups is 1. The van der Waals surface area contributed by atoms with Crippen LogP contribution in [0.3, 0.4) is 0 Å². The van der Waals surface area contributed by atoms with Crippen molar-refractivity contribution in [2.45, 2.75) is 52.0 Å². The van der Waals surface area contributed by atoms with E-state index in [9.17, 15) is 4.79 Å². The van der Waals surface area contributed by atoms with E-state index in [2.05, 4.69) is 31.7 Å². The molecule has 1 aromatic carbocycles. The van der Waals surface area contributed by atoms with Crippen LogP contribution in [0.4, 0.5) is 10.8 Å². The smallest absolute Gasteiger partial charge is 0.341 e. The van der Waals surface area contributed by atoms with Crippen LogP contribution in [0, 0.1) is 0 Å². The first kappa shape index (κ1) is 25.2. The highest BCUT2D eigenvalue weighted by Gasteiger charge is 2.26. The van der Waals surface area contributed by atoms with Crippen molar-refractivity contribution in [3.63, 3.8) is 0 Å². The number of halogens is 2. The van der Waals surface area contributed by atoms with Crippen molar-refractivity contribution < 1.29 is 9.53 Å². The molecular formula is C24H26BrClN4O2S2. The molecule has 0 atom stereocenters. The van der Waals surface area contributed by atoms with E-state index in [1.165, 1.54) is 17.7 Å². The van der Waals surface area contributed by atoms with Crippen LogP contribution in [0.2, 0.25) is 5.02 Å². The number of hydrogen-bond acceptors (Lipinski definition) is 5. The van der Waals surface area contributed by atoms with Gasteiger partial charge >= 0.3 is 5.97 Å². The molecule has 1 aliphatic rings. The van der Waals surface area contributed by atoms with Gasteiger partial charge < -0.3 is 15.4 Å². The van der Waals surface area contributed by atoms with Gasteiger partial charge in [-0.15, -0.1) is 11.3 Å². The first-order chi connectivity index (χ1) is 16.5. The van der Waals surface area contributed by atoms with Crippen molar-refractivity contribution in [1.29, 1.82) is 0 Å². The summed E-state index contributed by atoms with van der Waals surface area (Å²) in [7, 11) is 0. The second-order valence-corrected chi connectivity index (χ2v) is 10.8. The molecule has 1 aliphatic carbocycles. The fourth-order valence-electron chi connectivity index (χ4n) is 4.03. The summed E-state index contributed by atoms with van der Waals surface area (Å²) in [5.41, 5.74) is 2.70. The maximum Gasteiger partial charge on any atom is 0.341 e. The third kappa shape index (κ3) is 6.00. The van der Waals surface area contributed by atoms with Gasteiger partial charge in [-0.05, 0) is 77.9 Å². The van der Waals surface area contributed by atoms with Gasteiger partial charge in [-0.25, -0.2) is 4.79 Å². The van der Waals surface area contributed by atoms with Crippen molar-refractivity contribution in [1.82, 2.24) is 9.78 Å². The third-order valence-electron chi connectivity index (χ3n) is 5.62. The summed E-state index contributed by atoms with van der Waals surface area (Å²) in [6.07, 6.45) is 8.36. The number of rotatable bonds is 6. The van der Waals surface area contributed by atoms with Gasteiger partial charge in [-0.3, -0.25) is 4.68 Å². The summed E-state index contributed by atoms with van der Waals surface area (Å²) in [4.78, 5) is 14.1. The molecule has 0 aliphatic heterocycles. The van der Waals surface area contributed by atoms with E-state index in [-0.39, 0.29) is 5.97 Å². The molecule has 4 rings (SSSR count). The average molecular weight is 582 g/mol. The van der Waals surface area contributed by atoms with E-state index in [1.807, 2.05) is 37.4 Å². The van der Waals surface area contributed by atoms with Crippen LogP contribution in [-0.4, -0.2) is 27.5 Å². The summed E-state index contributed by atoms with van der Waals surface area (Å²) in [6, 6.07) is 7.68. The Balaban J connectivity index is 1.52. The lowest BCUT2D eigenvalue weighted by Crippen LogP contribution is -2.21. The van der Waals surface area contributed by atoms with Gasteiger partial charge in [0, 0.05) is 16.1 Å². The van der Waals surface area contributed by atoms with Crippen LogP contribution < -0.4 is 10.6 Å². The minimum atomic E-state index is -0.295. The molecule has 0 radical (unpaired) electrons. The van der Waals surface area contributed by atoms with Gasteiger partial charge in [-0.1, -0.05) is 42.6 Å². The van der Waals surface area contributed by atoms with Crippen LogP contribution in [0.1, 0.15) is 59.0 Å². The number of thiophene rings is 1. The zero-order chi connectivity index (χ0) is 24.1. The van der Waals surface area contributed by atoms with Crippen molar-refractivity contribution in [2.75, 3.05) is 17.2 Å². The molecule has 0 saturated heterocycles. The van der Waals surface area contributed by atoms with E-state index in [0.717, 1.165) is 46.3 Å². The molecule has 3 aromatic rings. The molecular weight excluding hydrogens is 556 g/mol. The molecule has 180 valence electrons. The number of hydrogen-bond donors (Lipinski definition) is 2. The van der Waals surface area contributed by atoms with Gasteiger partial charge in [-0.2, -0.15) is 5.10 Å². The number of fused-ring (bicyclic) bond motifs is 1. The number of benzene rings is 1. The van der Waals surface area contributed by atoms with Gasteiger partial charge in [0.25, 0.3) is 0 Å². The first-order valence-electron chi connectivity index (χ1n) is 11.3. The van der Waals surface area contributed by atoms with Gasteiger partial charge in [0.1, 0.15) is 5.00 Å². The molecule has 2 aromatic heterocycles. The third-order valence-corrected chi connectivity index (χ3v) is 7.98. The molecule has 34 heavy (non-hydrogen) atoms. The molecule has 0 amide bonds. The first-order valence-corrected chi connectivity index (χ1v) is 13.7. The summed E-state index contributed by atoms with van der Waals surface area (Å²) < 4.78 is 7.94. The van der Waals surface area contributed by atoms with Crippen LogP contribution in [0.15, 0.2) is 34.9 Å². The maximum absolute atomic E-state index is 12.8. The Hall–Kier alpha value is -1.94. The quantitative estimate of drug-likeness (QED) is 0.240. The predicted molar refractivity (Wildman–Crippen MR) is 146 cm³/mol. The zero-order valence-electron chi connectivity index (χ0n) is 18.8. The number of nitrogens with one attached hydrogen (secondary N) is 2. The van der Waals surface area contributed by atoms with Crippen LogP contribution in [-0.2, 0) is 24.1 Å². The topological polar surface area (TPSA) is 68.2 Å². The number of esters is 1. The second-order valence-electron chi connectivity index (χ2n) is 8.04. The summed E-state index contributed by atoms with van der Waals surface area (Å²) in [5.74, 6) is 0.285. The number of ether oxygens (including phenoxy) is 1. The molecule has 10 heteroatoms. The van der Waals surface area contributed by atoms with E-state index >= 15 is 0 Å². The van der Waals surface area contributed by atoms with Crippen molar-refractivity contribution in [3.8, 4) is 0 Å². The second kappa shape index (κ2) is 11.7. The lowest BCUT2D eigenvalue weighted by Gasteiger charge is -2.12. The highest BCUT2D eigenvalue weighted by Crippen LogP contribution is 2.38. The minimum Gasteiger partial charge on any atom is -0.462 e. The number of aryl methyl sites for hydroxylation is 1. The molecule has 0 saturated carbocycles. The number of thiocarbonyl (C=S) groups is 1. The molecule has 6 nitrogen and oxygen atoms in total. The average Bonchev–Trinajstić information content (AvgIpc) is 3.28. The van der Waals surface area contributed by atoms with Crippen molar-refractivity contribution >= 4 is 73.0 Å². The van der Waals surface area contributed by atoms with Gasteiger partial charge in [0.15, 0.2) is 10.9 Å². The zero-order valence-corrected chi connectivity index (χ0v) is 22.8. The van der Waals surface area contributed by atoms with Crippen molar-refractivity contribution in [3.05, 3.63) is 61.5 Å². The van der Waals surface area contributed by atoms with Crippen molar-refractivity contribution in [2.24, 2.45) is 0 Å². The standard InChI is InChI=1S/C24H26BrClN4O2S2/c1-2-32-23(31)20-16-10-5-3-4-6-12-19(16)34-22(20)28-24(33)27-21-17(25)14-30(29-21)13-15-9-7-8-11-18(15)26/h7-9,11,14H,2-6,10,12-13H2,1H3,(H2,27,28,29,33). The summed E-state index contributed by atoms with van der Waals surface area (Å²) in [6.45, 7) is 2.69. The number of nitrogens with zero attached hydrogens (tertiary/aromatic N) is 2. The monoisotopic (exact) mass is 580 g/mol. The highest BCUT2D eigenvalue weighted by molar-refractivity contribution is 9.10. The van der Waals surface area contributed by atoms with E-state index < -0.39 is 0 Å². The fraction of sp³-hybridized carbons (Fsp3) is 0.375. The van der Waals surface area contributed by atoms with Crippen LogP contribution in [0.25, 0.3) is 0 Å². The van der Waals surface area contributed by atoms with Crippen LogP contribution >= 0.6 is 51.1 Å². The highest BCUT2D eigenvalue weighted by atomic mass is 79.9. The van der Waals surface area contributed by atoms with Crippen LogP contribution in [0.5, 0.6) is 0 Å². The molecule has 0 bridgehead atoms. The van der Waals surface area contributed by atoms with E-state index in [1.54, 1.807) is 16.0 Å². The fourth-order valence-corrected chi connectivity index (χ4v) is 6.19. The van der Waals surface area contributed by atoms with E-state index in [4.69, 9.17) is 28.6 Å². The predicted octanol–water partition coefficient (Wildman–Crippen LogP) is 7.05. The molecule has 2 heterocycles. The van der Waals surface area contributed by atoms with Gasteiger partial charge in [0.2, 0.25) is 0 Å². The van der Waals surface area contributed by atoms with E-state index in [0.29, 0.717) is 34.7 Å². The summed E-state index contributed by atoms with van der Waals surface area (Å²) in [5, 5.41) is 12.8. The molecule has 2 N–H and O–H groups in total. The number of aromatic nitrogens is 2. The molecule has 0 unspecified atom stereocenters. The molecule has 0 fully saturated rings. The molecule has 0 spiro atoms. The Kier molecular flexibility index (Phi) is 8.63. The Morgan fingerprint density at radius 3 is 2.76 bits per heavy atom. The maximum atomic E-state index is 12.8. The lowest BCUT2D eigenvalue weighted by atomic mass is 9.96. The number of anilines is 2. The Labute approximate surface area is 222 Å². The normalized spacial score (nSPS) is 13.5. The Bertz CT molecular complexity index is 1190. The summed E-state index contributed by atoms with van der Waals surface area (Å²) >= 11 is 17.0. The Morgan fingerprint density at radius 2 is 2.00 bits per heavy atom. The van der Waals surface area contributed by atoms with Gasteiger partial charge in [0.05, 0.1) is 23.2 Å². The lowest BCUT2D eigenvalue weighted by molar-refractivity contribution is 0.0526. The Morgan fingerprint density at radius 1 is 1.24 bits per heavy atom. The number of carbonyl (C=O) groups excluding carboxylic acids is 1.